The first-order valence-electron chi connectivity index (χ1n) is 8.20. The lowest BCUT2D eigenvalue weighted by atomic mass is 10.1. The van der Waals surface area contributed by atoms with E-state index in [1.165, 1.54) is 26.2 Å². The molecule has 23 heavy (non-hydrogen) atoms. The number of piperidine rings is 1. The van der Waals surface area contributed by atoms with Crippen LogP contribution in [0.3, 0.4) is 0 Å². The lowest BCUT2D eigenvalue weighted by Crippen LogP contribution is -2.45. The molecule has 0 spiro atoms. The van der Waals surface area contributed by atoms with E-state index in [9.17, 15) is 9.59 Å². The third-order valence-corrected chi connectivity index (χ3v) is 3.94. The molecule has 1 aromatic heterocycles. The molecule has 7 heteroatoms. The maximum atomic E-state index is 11.9. The van der Waals surface area contributed by atoms with Gasteiger partial charge in [-0.3, -0.25) is 9.69 Å². The quantitative estimate of drug-likeness (QED) is 0.659. The van der Waals surface area contributed by atoms with Crippen molar-refractivity contribution in [2.45, 2.75) is 32.2 Å². The van der Waals surface area contributed by atoms with Crippen LogP contribution in [0.5, 0.6) is 0 Å². The molecule has 3 N–H and O–H groups in total. The molecular weight excluding hydrogens is 296 g/mol. The number of likely N-dealkylation sites (tertiary alicyclic amines) is 1. The molecule has 1 fully saturated rings. The van der Waals surface area contributed by atoms with E-state index in [2.05, 4.69) is 20.9 Å². The number of nitrogens with one attached hydrogen (secondary N) is 3. The van der Waals surface area contributed by atoms with Crippen LogP contribution < -0.4 is 16.0 Å². The highest BCUT2D eigenvalue weighted by molar-refractivity contribution is 5.74. The Morgan fingerprint density at radius 3 is 2.57 bits per heavy atom. The van der Waals surface area contributed by atoms with Gasteiger partial charge >= 0.3 is 6.03 Å². The molecule has 7 nitrogen and oxygen atoms in total. The van der Waals surface area contributed by atoms with E-state index in [4.69, 9.17) is 4.42 Å². The van der Waals surface area contributed by atoms with E-state index in [1.807, 2.05) is 12.1 Å². The minimum absolute atomic E-state index is 0.0615. The molecule has 0 radical (unpaired) electrons. The molecule has 3 amide bonds. The van der Waals surface area contributed by atoms with E-state index in [1.54, 1.807) is 6.26 Å². The number of carbonyl (C=O) groups excluding carboxylic acids is 2. The molecular formula is C16H26N4O3. The van der Waals surface area contributed by atoms with Crippen molar-refractivity contribution in [1.29, 1.82) is 0 Å². The molecule has 0 bridgehead atoms. The summed E-state index contributed by atoms with van der Waals surface area (Å²) in [5.41, 5.74) is 0. The highest BCUT2D eigenvalue weighted by atomic mass is 16.3. The normalized spacial score (nSPS) is 16.6. The third kappa shape index (κ3) is 5.94. The summed E-state index contributed by atoms with van der Waals surface area (Å²) >= 11 is 0. The van der Waals surface area contributed by atoms with Crippen molar-refractivity contribution in [3.63, 3.8) is 0 Å². The fourth-order valence-corrected chi connectivity index (χ4v) is 2.79. The molecule has 1 saturated heterocycles. The first-order valence-corrected chi connectivity index (χ1v) is 8.20. The van der Waals surface area contributed by atoms with Gasteiger partial charge in [0.15, 0.2) is 0 Å². The summed E-state index contributed by atoms with van der Waals surface area (Å²) < 4.78 is 5.55. The predicted octanol–water partition coefficient (Wildman–Crippen LogP) is 1.24. The van der Waals surface area contributed by atoms with Crippen molar-refractivity contribution in [3.8, 4) is 0 Å². The summed E-state index contributed by atoms with van der Waals surface area (Å²) in [5, 5.41) is 8.25. The summed E-state index contributed by atoms with van der Waals surface area (Å²) in [6, 6.07) is 3.66. The van der Waals surface area contributed by atoms with Gasteiger partial charge in [0.1, 0.15) is 5.76 Å². The molecule has 1 aromatic rings. The van der Waals surface area contributed by atoms with Crippen molar-refractivity contribution in [1.82, 2.24) is 20.9 Å². The summed E-state index contributed by atoms with van der Waals surface area (Å²) in [7, 11) is 0. The Labute approximate surface area is 136 Å². The van der Waals surface area contributed by atoms with Gasteiger partial charge in [0.2, 0.25) is 5.91 Å². The highest BCUT2D eigenvalue weighted by Gasteiger charge is 2.24. The van der Waals surface area contributed by atoms with Gasteiger partial charge in [-0.05, 0) is 38.1 Å². The lowest BCUT2D eigenvalue weighted by molar-refractivity contribution is -0.118. The molecule has 128 valence electrons. The number of hydrogen-bond acceptors (Lipinski definition) is 4. The van der Waals surface area contributed by atoms with Crippen molar-refractivity contribution >= 4 is 11.9 Å². The number of furan rings is 1. The van der Waals surface area contributed by atoms with Crippen molar-refractivity contribution < 1.29 is 14.0 Å². The molecule has 1 aliphatic rings. The third-order valence-electron chi connectivity index (χ3n) is 3.94. The highest BCUT2D eigenvalue weighted by Crippen LogP contribution is 2.24. The van der Waals surface area contributed by atoms with Gasteiger partial charge in [0, 0.05) is 26.6 Å². The average Bonchev–Trinajstić information content (AvgIpc) is 3.07. The van der Waals surface area contributed by atoms with Crippen LogP contribution in [0.15, 0.2) is 22.8 Å². The topological polar surface area (TPSA) is 86.6 Å². The smallest absolute Gasteiger partial charge is 0.314 e. The summed E-state index contributed by atoms with van der Waals surface area (Å²) in [6.45, 7) is 4.83. The molecule has 1 aliphatic heterocycles. The molecule has 0 aromatic carbocycles. The van der Waals surface area contributed by atoms with Crippen molar-refractivity contribution in [3.05, 3.63) is 24.2 Å². The standard InChI is InChI=1S/C16H26N4O3/c1-13(21)17-7-8-18-16(22)19-12-14(15-6-5-11-23-15)20-9-3-2-4-10-20/h5-6,11,14H,2-4,7-10,12H2,1H3,(H,17,21)(H2,18,19,22). The van der Waals surface area contributed by atoms with Gasteiger partial charge in [-0.15, -0.1) is 0 Å². The van der Waals surface area contributed by atoms with Crippen LogP contribution in [0.25, 0.3) is 0 Å². The maximum Gasteiger partial charge on any atom is 0.314 e. The summed E-state index contributed by atoms with van der Waals surface area (Å²) in [5.74, 6) is 0.778. The zero-order chi connectivity index (χ0) is 16.5. The lowest BCUT2D eigenvalue weighted by Gasteiger charge is -2.33. The Kier molecular flexibility index (Phi) is 6.93. The van der Waals surface area contributed by atoms with Gasteiger partial charge in [-0.2, -0.15) is 0 Å². The molecule has 0 saturated carbocycles. The second-order valence-electron chi connectivity index (χ2n) is 5.75. The van der Waals surface area contributed by atoms with E-state index in [0.717, 1.165) is 18.8 Å². The zero-order valence-electron chi connectivity index (χ0n) is 13.6. The van der Waals surface area contributed by atoms with E-state index < -0.39 is 0 Å². The SMILES string of the molecule is CC(=O)NCCNC(=O)NCC(c1ccco1)N1CCCCC1. The zero-order valence-corrected chi connectivity index (χ0v) is 13.6. The molecule has 1 atom stereocenters. The average molecular weight is 322 g/mol. The van der Waals surface area contributed by atoms with Crippen LogP contribution in [-0.2, 0) is 4.79 Å². The summed E-state index contributed by atoms with van der Waals surface area (Å²) in [6.07, 6.45) is 5.29. The van der Waals surface area contributed by atoms with Crippen LogP contribution in [0, 0.1) is 0 Å². The van der Waals surface area contributed by atoms with Crippen molar-refractivity contribution in [2.24, 2.45) is 0 Å². The minimum Gasteiger partial charge on any atom is -0.468 e. The van der Waals surface area contributed by atoms with Gasteiger partial charge < -0.3 is 20.4 Å². The maximum absolute atomic E-state index is 11.9. The second-order valence-corrected chi connectivity index (χ2v) is 5.75. The molecule has 0 aliphatic carbocycles. The number of urea groups is 1. The fraction of sp³-hybridized carbons (Fsp3) is 0.625. The first kappa shape index (κ1) is 17.3. The summed E-state index contributed by atoms with van der Waals surface area (Å²) in [4.78, 5) is 25.0. The Morgan fingerprint density at radius 1 is 1.17 bits per heavy atom. The van der Waals surface area contributed by atoms with Gasteiger partial charge in [0.25, 0.3) is 0 Å². The van der Waals surface area contributed by atoms with Crippen LogP contribution in [0.4, 0.5) is 4.79 Å². The monoisotopic (exact) mass is 322 g/mol. The number of hydrogen-bond donors (Lipinski definition) is 3. The van der Waals surface area contributed by atoms with E-state index >= 15 is 0 Å². The first-order chi connectivity index (χ1) is 11.2. The minimum atomic E-state index is -0.232. The Hall–Kier alpha value is -2.02. The number of carbonyl (C=O) groups is 2. The molecule has 1 unspecified atom stereocenters. The van der Waals surface area contributed by atoms with Crippen LogP contribution in [0.1, 0.15) is 38.0 Å². The largest absolute Gasteiger partial charge is 0.468 e. The molecule has 2 rings (SSSR count). The molecule has 2 heterocycles. The van der Waals surface area contributed by atoms with Gasteiger partial charge in [-0.25, -0.2) is 4.79 Å². The van der Waals surface area contributed by atoms with Gasteiger partial charge in [0.05, 0.1) is 12.3 Å². The Morgan fingerprint density at radius 2 is 1.91 bits per heavy atom. The van der Waals surface area contributed by atoms with Crippen molar-refractivity contribution in [2.75, 3.05) is 32.7 Å². The van der Waals surface area contributed by atoms with E-state index in [0.29, 0.717) is 19.6 Å². The Balaban J connectivity index is 1.79. The van der Waals surface area contributed by atoms with E-state index in [-0.39, 0.29) is 18.0 Å². The number of amides is 3. The van der Waals surface area contributed by atoms with Crippen LogP contribution in [-0.4, -0.2) is 49.6 Å². The van der Waals surface area contributed by atoms with Crippen LogP contribution in [0.2, 0.25) is 0 Å². The Bertz CT molecular complexity index is 484. The van der Waals surface area contributed by atoms with Crippen LogP contribution >= 0.6 is 0 Å². The second kappa shape index (κ2) is 9.19. The predicted molar refractivity (Wildman–Crippen MR) is 87.0 cm³/mol. The fourth-order valence-electron chi connectivity index (χ4n) is 2.79. The number of rotatable bonds is 7. The number of nitrogens with zero attached hydrogens (tertiary/aromatic N) is 1. The van der Waals surface area contributed by atoms with Gasteiger partial charge in [-0.1, -0.05) is 6.42 Å².